The molecule has 7 heteroatoms. The third kappa shape index (κ3) is 4.74. The molecular weight excluding hydrogens is 402 g/mol. The molecule has 2 heterocycles. The van der Waals surface area contributed by atoms with Gasteiger partial charge >= 0.3 is 5.97 Å². The third-order valence-corrected chi connectivity index (χ3v) is 7.46. The zero-order valence-corrected chi connectivity index (χ0v) is 17.9. The quantitative estimate of drug-likeness (QED) is 0.499. The van der Waals surface area contributed by atoms with Crippen molar-refractivity contribution in [2.75, 3.05) is 19.5 Å². The van der Waals surface area contributed by atoms with E-state index in [-0.39, 0.29) is 6.10 Å². The monoisotopic (exact) mass is 427 g/mol. The highest BCUT2D eigenvalue weighted by molar-refractivity contribution is 7.12. The standard InChI is InChI=1S/C20H26ClNO3S2/c1-22(12-4-11-21)15-7-9-16(10-8-15)25-19(23)20(24,17-5-2-13-26-17)18-6-3-14-27-18/h2-3,5-6,13-16,24H,4,7-12H2,1H3. The van der Waals surface area contributed by atoms with Gasteiger partial charge in [-0.3, -0.25) is 0 Å². The van der Waals surface area contributed by atoms with Gasteiger partial charge in [-0.05, 0) is 68.6 Å². The van der Waals surface area contributed by atoms with Crippen LogP contribution >= 0.6 is 34.3 Å². The highest BCUT2D eigenvalue weighted by atomic mass is 35.5. The number of halogens is 1. The maximum atomic E-state index is 13.0. The fourth-order valence-corrected chi connectivity index (χ4v) is 5.46. The van der Waals surface area contributed by atoms with Gasteiger partial charge in [-0.1, -0.05) is 12.1 Å². The van der Waals surface area contributed by atoms with Crippen molar-refractivity contribution in [1.29, 1.82) is 0 Å². The topological polar surface area (TPSA) is 49.8 Å². The van der Waals surface area contributed by atoms with Gasteiger partial charge in [0.1, 0.15) is 6.10 Å². The molecule has 1 N–H and O–H groups in total. The van der Waals surface area contributed by atoms with Gasteiger partial charge in [-0.2, -0.15) is 0 Å². The van der Waals surface area contributed by atoms with Crippen LogP contribution in [-0.4, -0.2) is 47.6 Å². The van der Waals surface area contributed by atoms with Gasteiger partial charge in [0.25, 0.3) is 0 Å². The maximum Gasteiger partial charge on any atom is 0.349 e. The zero-order chi connectivity index (χ0) is 19.3. The predicted octanol–water partition coefficient (Wildman–Crippen LogP) is 4.46. The van der Waals surface area contributed by atoms with E-state index in [4.69, 9.17) is 16.3 Å². The van der Waals surface area contributed by atoms with E-state index >= 15 is 0 Å². The Morgan fingerprint density at radius 2 is 1.81 bits per heavy atom. The van der Waals surface area contributed by atoms with E-state index < -0.39 is 11.6 Å². The minimum atomic E-state index is -1.71. The van der Waals surface area contributed by atoms with E-state index in [0.717, 1.165) is 38.6 Å². The van der Waals surface area contributed by atoms with E-state index in [1.165, 1.54) is 22.7 Å². The van der Waals surface area contributed by atoms with Crippen molar-refractivity contribution in [3.63, 3.8) is 0 Å². The smallest absolute Gasteiger partial charge is 0.349 e. The molecule has 0 radical (unpaired) electrons. The number of carbonyl (C=O) groups is 1. The minimum absolute atomic E-state index is 0.137. The van der Waals surface area contributed by atoms with Crippen LogP contribution < -0.4 is 0 Å². The van der Waals surface area contributed by atoms with Crippen molar-refractivity contribution >= 4 is 40.2 Å². The molecule has 148 valence electrons. The van der Waals surface area contributed by atoms with Crippen molar-refractivity contribution in [2.24, 2.45) is 0 Å². The van der Waals surface area contributed by atoms with E-state index in [9.17, 15) is 9.90 Å². The zero-order valence-electron chi connectivity index (χ0n) is 15.5. The van der Waals surface area contributed by atoms with Gasteiger partial charge in [-0.25, -0.2) is 4.79 Å². The number of esters is 1. The Balaban J connectivity index is 1.63. The SMILES string of the molecule is CN(CCCCl)C1CCC(OC(=O)C(O)(c2cccs2)c2cccs2)CC1. The summed E-state index contributed by atoms with van der Waals surface area (Å²) in [6, 6.07) is 7.76. The highest BCUT2D eigenvalue weighted by Gasteiger charge is 2.45. The summed E-state index contributed by atoms with van der Waals surface area (Å²) in [5, 5.41) is 15.0. The minimum Gasteiger partial charge on any atom is -0.460 e. The van der Waals surface area contributed by atoms with E-state index in [1.807, 2.05) is 22.9 Å². The van der Waals surface area contributed by atoms with Crippen LogP contribution in [0.15, 0.2) is 35.0 Å². The number of hydrogen-bond acceptors (Lipinski definition) is 6. The first-order chi connectivity index (χ1) is 13.1. The molecule has 1 saturated carbocycles. The molecule has 0 amide bonds. The summed E-state index contributed by atoms with van der Waals surface area (Å²) in [5.41, 5.74) is -1.71. The molecule has 2 aromatic rings. The second-order valence-corrected chi connectivity index (χ2v) is 9.30. The van der Waals surface area contributed by atoms with Crippen molar-refractivity contribution in [3.8, 4) is 0 Å². The summed E-state index contributed by atoms with van der Waals surface area (Å²) in [5.74, 6) is 0.118. The summed E-state index contributed by atoms with van der Waals surface area (Å²) >= 11 is 8.52. The van der Waals surface area contributed by atoms with Gasteiger partial charge < -0.3 is 14.7 Å². The van der Waals surface area contributed by atoms with Gasteiger partial charge in [0.05, 0.1) is 9.75 Å². The first kappa shape index (κ1) is 20.8. The molecular formula is C20H26ClNO3S2. The molecule has 0 aliphatic heterocycles. The van der Waals surface area contributed by atoms with Crippen LogP contribution in [0.1, 0.15) is 41.9 Å². The lowest BCUT2D eigenvalue weighted by Gasteiger charge is -2.35. The lowest BCUT2D eigenvalue weighted by atomic mass is 9.91. The first-order valence-corrected chi connectivity index (χ1v) is 11.6. The molecule has 27 heavy (non-hydrogen) atoms. The average molecular weight is 428 g/mol. The van der Waals surface area contributed by atoms with Crippen LogP contribution in [0.25, 0.3) is 0 Å². The number of aliphatic hydroxyl groups is 1. The molecule has 2 aromatic heterocycles. The molecule has 1 aliphatic rings. The molecule has 1 fully saturated rings. The van der Waals surface area contributed by atoms with E-state index in [1.54, 1.807) is 12.1 Å². The van der Waals surface area contributed by atoms with Crippen LogP contribution in [0.4, 0.5) is 0 Å². The van der Waals surface area contributed by atoms with E-state index in [0.29, 0.717) is 21.7 Å². The molecule has 0 spiro atoms. The lowest BCUT2D eigenvalue weighted by molar-refractivity contribution is -0.169. The average Bonchev–Trinajstić information content (AvgIpc) is 3.40. The normalized spacial score (nSPS) is 20.7. The summed E-state index contributed by atoms with van der Waals surface area (Å²) in [6.07, 6.45) is 4.49. The molecule has 0 atom stereocenters. The summed E-state index contributed by atoms with van der Waals surface area (Å²) in [7, 11) is 2.13. The number of hydrogen-bond donors (Lipinski definition) is 1. The van der Waals surface area contributed by atoms with Crippen LogP contribution in [0.3, 0.4) is 0 Å². The molecule has 1 aliphatic carbocycles. The van der Waals surface area contributed by atoms with Crippen LogP contribution in [0.5, 0.6) is 0 Å². The van der Waals surface area contributed by atoms with Gasteiger partial charge in [-0.15, -0.1) is 34.3 Å². The predicted molar refractivity (Wildman–Crippen MR) is 112 cm³/mol. The van der Waals surface area contributed by atoms with Crippen LogP contribution in [0, 0.1) is 0 Å². The second kappa shape index (κ2) is 9.52. The largest absolute Gasteiger partial charge is 0.460 e. The van der Waals surface area contributed by atoms with Crippen LogP contribution in [0.2, 0.25) is 0 Å². The maximum absolute atomic E-state index is 13.0. The van der Waals surface area contributed by atoms with Crippen LogP contribution in [-0.2, 0) is 15.1 Å². The number of rotatable bonds is 8. The molecule has 0 saturated heterocycles. The Labute approximate surface area is 173 Å². The second-order valence-electron chi connectivity index (χ2n) is 7.02. The van der Waals surface area contributed by atoms with Gasteiger partial charge in [0, 0.05) is 11.9 Å². The highest BCUT2D eigenvalue weighted by Crippen LogP contribution is 2.38. The molecule has 0 unspecified atom stereocenters. The number of thiophene rings is 2. The molecule has 0 bridgehead atoms. The Hall–Kier alpha value is -0.920. The van der Waals surface area contributed by atoms with Crippen molar-refractivity contribution < 1.29 is 14.6 Å². The van der Waals surface area contributed by atoms with Crippen molar-refractivity contribution in [1.82, 2.24) is 4.90 Å². The molecule has 0 aromatic carbocycles. The number of alkyl halides is 1. The Morgan fingerprint density at radius 3 is 2.30 bits per heavy atom. The van der Waals surface area contributed by atoms with Gasteiger partial charge in [0.15, 0.2) is 0 Å². The summed E-state index contributed by atoms with van der Waals surface area (Å²) in [4.78, 5) is 16.6. The first-order valence-electron chi connectivity index (χ1n) is 9.33. The summed E-state index contributed by atoms with van der Waals surface area (Å²) < 4.78 is 5.80. The Morgan fingerprint density at radius 1 is 1.22 bits per heavy atom. The third-order valence-electron chi connectivity index (χ3n) is 5.24. The number of ether oxygens (including phenoxy) is 1. The van der Waals surface area contributed by atoms with E-state index in [2.05, 4.69) is 11.9 Å². The fourth-order valence-electron chi connectivity index (χ4n) is 3.62. The Bertz CT molecular complexity index is 663. The number of carbonyl (C=O) groups excluding carboxylic acids is 1. The lowest BCUT2D eigenvalue weighted by Crippen LogP contribution is -2.42. The molecule has 4 nitrogen and oxygen atoms in total. The number of nitrogens with zero attached hydrogens (tertiary/aromatic N) is 1. The van der Waals surface area contributed by atoms with Crippen molar-refractivity contribution in [3.05, 3.63) is 44.8 Å². The Kier molecular flexibility index (Phi) is 7.34. The fraction of sp³-hybridized carbons (Fsp3) is 0.550. The molecule has 3 rings (SSSR count). The van der Waals surface area contributed by atoms with Gasteiger partial charge in [0.2, 0.25) is 5.60 Å². The summed E-state index contributed by atoms with van der Waals surface area (Å²) in [6.45, 7) is 0.995. The van der Waals surface area contributed by atoms with Crippen molar-refractivity contribution in [2.45, 2.75) is 49.9 Å².